The van der Waals surface area contributed by atoms with Crippen LogP contribution < -0.4 is 0 Å². The maximum atomic E-state index is 9.20. The Balaban J connectivity index is 1.97. The first kappa shape index (κ1) is 10.8. The van der Waals surface area contributed by atoms with E-state index in [-0.39, 0.29) is 0 Å². The molecule has 2 fully saturated rings. The molecule has 1 aromatic heterocycles. The standard InChI is InChI=1S/C13H16N2O2/c14-7-10-1-4-15(12-3-6-17-9-12)13(10)11-2-5-16-8-11/h1,4,11-12H,2-3,5-6,8-9H2. The van der Waals surface area contributed by atoms with Crippen LogP contribution in [0.5, 0.6) is 0 Å². The van der Waals surface area contributed by atoms with Crippen molar-refractivity contribution in [1.29, 1.82) is 5.26 Å². The van der Waals surface area contributed by atoms with Gasteiger partial charge in [0.2, 0.25) is 0 Å². The maximum absolute atomic E-state index is 9.20. The highest BCUT2D eigenvalue weighted by atomic mass is 16.5. The predicted molar refractivity (Wildman–Crippen MR) is 61.8 cm³/mol. The van der Waals surface area contributed by atoms with Crippen LogP contribution in [-0.2, 0) is 9.47 Å². The molecule has 4 heteroatoms. The van der Waals surface area contributed by atoms with Gasteiger partial charge >= 0.3 is 0 Å². The third-order valence-corrected chi connectivity index (χ3v) is 3.69. The zero-order chi connectivity index (χ0) is 11.7. The lowest BCUT2D eigenvalue weighted by Crippen LogP contribution is -2.15. The Bertz CT molecular complexity index is 435. The van der Waals surface area contributed by atoms with Crippen molar-refractivity contribution >= 4 is 0 Å². The summed E-state index contributed by atoms with van der Waals surface area (Å²) in [6.45, 7) is 3.14. The first-order valence-electron chi connectivity index (χ1n) is 6.16. The van der Waals surface area contributed by atoms with Crippen molar-refractivity contribution in [2.75, 3.05) is 26.4 Å². The molecule has 0 aromatic carbocycles. The highest BCUT2D eigenvalue weighted by molar-refractivity contribution is 5.37. The van der Waals surface area contributed by atoms with Gasteiger partial charge in [0.1, 0.15) is 6.07 Å². The van der Waals surface area contributed by atoms with Crippen molar-refractivity contribution in [3.05, 3.63) is 23.5 Å². The molecule has 0 bridgehead atoms. The molecule has 3 rings (SSSR count). The summed E-state index contributed by atoms with van der Waals surface area (Å²) in [4.78, 5) is 0. The minimum atomic E-state index is 0.375. The van der Waals surface area contributed by atoms with Crippen LogP contribution in [0.4, 0.5) is 0 Å². The summed E-state index contributed by atoms with van der Waals surface area (Å²) in [5.41, 5.74) is 1.95. The Hall–Kier alpha value is -1.31. The molecular formula is C13H16N2O2. The number of ether oxygens (including phenoxy) is 2. The van der Waals surface area contributed by atoms with Crippen LogP contribution in [-0.4, -0.2) is 31.0 Å². The van der Waals surface area contributed by atoms with Crippen molar-refractivity contribution in [1.82, 2.24) is 4.57 Å². The average molecular weight is 232 g/mol. The van der Waals surface area contributed by atoms with Crippen LogP contribution >= 0.6 is 0 Å². The van der Waals surface area contributed by atoms with Gasteiger partial charge in [-0.15, -0.1) is 0 Å². The predicted octanol–water partition coefficient (Wildman–Crippen LogP) is 1.83. The molecule has 3 heterocycles. The van der Waals surface area contributed by atoms with E-state index in [0.29, 0.717) is 12.0 Å². The Morgan fingerprint density at radius 3 is 2.71 bits per heavy atom. The molecule has 0 spiro atoms. The van der Waals surface area contributed by atoms with E-state index in [1.54, 1.807) is 0 Å². The molecule has 0 amide bonds. The van der Waals surface area contributed by atoms with Gasteiger partial charge in [0.15, 0.2) is 0 Å². The SMILES string of the molecule is N#Cc1ccn(C2CCOC2)c1C1CCOC1. The number of hydrogen-bond acceptors (Lipinski definition) is 3. The molecule has 2 saturated heterocycles. The molecule has 90 valence electrons. The van der Waals surface area contributed by atoms with Crippen LogP contribution in [0, 0.1) is 11.3 Å². The Labute approximate surface area is 101 Å². The number of rotatable bonds is 2. The van der Waals surface area contributed by atoms with Crippen molar-refractivity contribution < 1.29 is 9.47 Å². The largest absolute Gasteiger partial charge is 0.381 e. The fourth-order valence-corrected chi connectivity index (χ4v) is 2.79. The summed E-state index contributed by atoms with van der Waals surface area (Å²) in [7, 11) is 0. The van der Waals surface area contributed by atoms with E-state index < -0.39 is 0 Å². The maximum Gasteiger partial charge on any atom is 0.101 e. The van der Waals surface area contributed by atoms with Gasteiger partial charge in [0.05, 0.1) is 24.8 Å². The van der Waals surface area contributed by atoms with E-state index in [4.69, 9.17) is 9.47 Å². The first-order chi connectivity index (χ1) is 8.40. The zero-order valence-corrected chi connectivity index (χ0v) is 9.76. The summed E-state index contributed by atoms with van der Waals surface area (Å²) in [5.74, 6) is 0.375. The van der Waals surface area contributed by atoms with Crippen molar-refractivity contribution in [3.63, 3.8) is 0 Å². The van der Waals surface area contributed by atoms with Gasteiger partial charge in [-0.3, -0.25) is 0 Å². The molecular weight excluding hydrogens is 216 g/mol. The summed E-state index contributed by atoms with van der Waals surface area (Å²) in [6, 6.07) is 4.62. The Morgan fingerprint density at radius 1 is 1.24 bits per heavy atom. The van der Waals surface area contributed by atoms with E-state index in [9.17, 15) is 5.26 Å². The molecule has 0 radical (unpaired) electrons. The van der Waals surface area contributed by atoms with Crippen molar-refractivity contribution in [2.45, 2.75) is 24.8 Å². The molecule has 4 nitrogen and oxygen atoms in total. The van der Waals surface area contributed by atoms with Crippen LogP contribution in [0.25, 0.3) is 0 Å². The van der Waals surface area contributed by atoms with Gasteiger partial charge in [0.25, 0.3) is 0 Å². The second-order valence-electron chi connectivity index (χ2n) is 4.71. The number of aromatic nitrogens is 1. The quantitative estimate of drug-likeness (QED) is 0.781. The fourth-order valence-electron chi connectivity index (χ4n) is 2.79. The lowest BCUT2D eigenvalue weighted by molar-refractivity contribution is 0.184. The Morgan fingerprint density at radius 2 is 2.06 bits per heavy atom. The molecule has 17 heavy (non-hydrogen) atoms. The van der Waals surface area contributed by atoms with E-state index in [1.165, 1.54) is 0 Å². The molecule has 2 aliphatic heterocycles. The molecule has 0 aliphatic carbocycles. The normalized spacial score (nSPS) is 28.4. The highest BCUT2D eigenvalue weighted by Crippen LogP contribution is 2.32. The van der Waals surface area contributed by atoms with E-state index in [1.807, 2.05) is 12.3 Å². The average Bonchev–Trinajstić information content (AvgIpc) is 3.09. The van der Waals surface area contributed by atoms with Crippen LogP contribution in [0.3, 0.4) is 0 Å². The van der Waals surface area contributed by atoms with Gasteiger partial charge in [-0.05, 0) is 18.9 Å². The Kier molecular flexibility index (Phi) is 2.87. The summed E-state index contributed by atoms with van der Waals surface area (Å²) in [6.07, 6.45) is 4.10. The van der Waals surface area contributed by atoms with Gasteiger partial charge in [-0.25, -0.2) is 0 Å². The van der Waals surface area contributed by atoms with Crippen LogP contribution in [0.2, 0.25) is 0 Å². The van der Waals surface area contributed by atoms with Gasteiger partial charge < -0.3 is 14.0 Å². The third-order valence-electron chi connectivity index (χ3n) is 3.69. The fraction of sp³-hybridized carbons (Fsp3) is 0.615. The number of hydrogen-bond donors (Lipinski definition) is 0. The molecule has 2 aliphatic rings. The zero-order valence-electron chi connectivity index (χ0n) is 9.76. The molecule has 0 saturated carbocycles. The lowest BCUT2D eigenvalue weighted by Gasteiger charge is -2.18. The summed E-state index contributed by atoms with van der Waals surface area (Å²) in [5, 5.41) is 9.20. The second-order valence-corrected chi connectivity index (χ2v) is 4.71. The van der Waals surface area contributed by atoms with Crippen LogP contribution in [0.1, 0.15) is 36.1 Å². The van der Waals surface area contributed by atoms with E-state index >= 15 is 0 Å². The minimum absolute atomic E-state index is 0.375. The second kappa shape index (κ2) is 4.52. The lowest BCUT2D eigenvalue weighted by atomic mass is 10.0. The summed E-state index contributed by atoms with van der Waals surface area (Å²) >= 11 is 0. The minimum Gasteiger partial charge on any atom is -0.381 e. The monoisotopic (exact) mass is 232 g/mol. The number of nitrogens with zero attached hydrogens (tertiary/aromatic N) is 2. The van der Waals surface area contributed by atoms with E-state index in [0.717, 1.165) is 50.5 Å². The third kappa shape index (κ3) is 1.86. The van der Waals surface area contributed by atoms with E-state index in [2.05, 4.69) is 10.6 Å². The smallest absolute Gasteiger partial charge is 0.101 e. The number of nitriles is 1. The molecule has 1 aromatic rings. The van der Waals surface area contributed by atoms with Crippen LogP contribution in [0.15, 0.2) is 12.3 Å². The van der Waals surface area contributed by atoms with Gasteiger partial charge in [-0.1, -0.05) is 0 Å². The summed E-state index contributed by atoms with van der Waals surface area (Å²) < 4.78 is 13.1. The first-order valence-corrected chi connectivity index (χ1v) is 6.16. The van der Waals surface area contributed by atoms with Crippen molar-refractivity contribution in [2.24, 2.45) is 0 Å². The molecule has 2 unspecified atom stereocenters. The topological polar surface area (TPSA) is 47.2 Å². The molecule has 2 atom stereocenters. The van der Waals surface area contributed by atoms with Crippen molar-refractivity contribution in [3.8, 4) is 6.07 Å². The highest BCUT2D eigenvalue weighted by Gasteiger charge is 2.28. The molecule has 0 N–H and O–H groups in total. The van der Waals surface area contributed by atoms with Gasteiger partial charge in [0, 0.05) is 31.0 Å². The van der Waals surface area contributed by atoms with Gasteiger partial charge in [-0.2, -0.15) is 5.26 Å².